The number of carbonyl (C=O) groups excluding carboxylic acids is 2. The maximum atomic E-state index is 13.4. The molecule has 0 aliphatic heterocycles. The van der Waals surface area contributed by atoms with E-state index in [0.29, 0.717) is 31.6 Å². The minimum Gasteiger partial charge on any atom is -0.369 e. The predicted molar refractivity (Wildman–Crippen MR) is 112 cm³/mol. The van der Waals surface area contributed by atoms with Crippen LogP contribution in [0.4, 0.5) is 5.69 Å². The third kappa shape index (κ3) is 2.97. The van der Waals surface area contributed by atoms with Gasteiger partial charge in [0.05, 0.1) is 10.3 Å². The van der Waals surface area contributed by atoms with E-state index in [1.165, 1.54) is 12.1 Å². The third-order valence-electron chi connectivity index (χ3n) is 8.27. The summed E-state index contributed by atoms with van der Waals surface area (Å²) < 4.78 is 28.6. The molecular formula is C21H26N4O6S. The summed E-state index contributed by atoms with van der Waals surface area (Å²) in [5.41, 5.74) is 3.31. The highest BCUT2D eigenvalue weighted by Crippen LogP contribution is 2.65. The van der Waals surface area contributed by atoms with Crippen molar-refractivity contribution in [2.45, 2.75) is 61.4 Å². The first kappa shape index (κ1) is 21.3. The maximum Gasteiger partial charge on any atom is 0.289 e. The van der Waals surface area contributed by atoms with Crippen LogP contribution in [0.25, 0.3) is 0 Å². The van der Waals surface area contributed by atoms with Gasteiger partial charge in [-0.25, -0.2) is 8.42 Å². The zero-order valence-corrected chi connectivity index (χ0v) is 18.3. The Bertz CT molecular complexity index is 1120. The number of rotatable bonds is 7. The topological polar surface area (TPSA) is 162 Å². The molecule has 0 spiro atoms. The molecule has 1 aromatic rings. The normalized spacial score (nSPS) is 34.1. The van der Waals surface area contributed by atoms with Crippen LogP contribution in [0.3, 0.4) is 0 Å². The highest BCUT2D eigenvalue weighted by Gasteiger charge is 2.66. The molecule has 4 N–H and O–H groups in total. The number of hydrogen-bond acceptors (Lipinski definition) is 6. The SMILES string of the molecule is NC(=O)C12CC3CC(C1)C(NC(=O)C1(NS(=O)(=O)c4ccccc4[N+](=O)[O-])CCC1)C2C3. The molecule has 1 aromatic carbocycles. The average molecular weight is 463 g/mol. The number of hydrogen-bond donors (Lipinski definition) is 3. The van der Waals surface area contributed by atoms with Gasteiger partial charge < -0.3 is 11.1 Å². The number of nitrogens with two attached hydrogens (primary N) is 1. The fourth-order valence-electron chi connectivity index (χ4n) is 6.77. The van der Waals surface area contributed by atoms with Gasteiger partial charge in [-0.05, 0) is 68.8 Å². The molecule has 10 nitrogen and oxygen atoms in total. The molecule has 0 heterocycles. The van der Waals surface area contributed by atoms with Crippen molar-refractivity contribution in [3.8, 4) is 0 Å². The van der Waals surface area contributed by atoms with Gasteiger partial charge in [-0.15, -0.1) is 0 Å². The van der Waals surface area contributed by atoms with E-state index in [4.69, 9.17) is 5.73 Å². The number of primary amides is 1. The van der Waals surface area contributed by atoms with E-state index in [-0.39, 0.29) is 23.8 Å². The first-order valence-electron chi connectivity index (χ1n) is 11.0. The number of para-hydroxylation sites is 1. The molecule has 172 valence electrons. The van der Waals surface area contributed by atoms with Gasteiger partial charge in [0.2, 0.25) is 21.8 Å². The molecule has 5 aliphatic rings. The molecule has 5 fully saturated rings. The second-order valence-electron chi connectivity index (χ2n) is 9.90. The highest BCUT2D eigenvalue weighted by molar-refractivity contribution is 7.89. The molecule has 11 heteroatoms. The van der Waals surface area contributed by atoms with Crippen molar-refractivity contribution in [2.24, 2.45) is 28.9 Å². The zero-order chi connectivity index (χ0) is 22.9. The number of benzene rings is 1. The summed E-state index contributed by atoms with van der Waals surface area (Å²) in [6.07, 6.45) is 4.51. The van der Waals surface area contributed by atoms with Gasteiger partial charge in [-0.3, -0.25) is 19.7 Å². The molecule has 4 bridgehead atoms. The van der Waals surface area contributed by atoms with Gasteiger partial charge in [-0.2, -0.15) is 4.72 Å². The summed E-state index contributed by atoms with van der Waals surface area (Å²) in [7, 11) is -4.31. The van der Waals surface area contributed by atoms with E-state index < -0.39 is 42.4 Å². The third-order valence-corrected chi connectivity index (χ3v) is 9.85. The quantitative estimate of drug-likeness (QED) is 0.407. The van der Waals surface area contributed by atoms with Crippen molar-refractivity contribution in [3.63, 3.8) is 0 Å². The van der Waals surface area contributed by atoms with Gasteiger partial charge >= 0.3 is 0 Å². The highest BCUT2D eigenvalue weighted by atomic mass is 32.2. The lowest BCUT2D eigenvalue weighted by Crippen LogP contribution is -2.65. The van der Waals surface area contributed by atoms with E-state index in [9.17, 15) is 28.1 Å². The van der Waals surface area contributed by atoms with Crippen LogP contribution in [0.15, 0.2) is 29.2 Å². The molecule has 0 radical (unpaired) electrons. The molecule has 2 amide bonds. The largest absolute Gasteiger partial charge is 0.369 e. The fourth-order valence-corrected chi connectivity index (χ4v) is 8.36. The Morgan fingerprint density at radius 1 is 1.16 bits per heavy atom. The van der Waals surface area contributed by atoms with Crippen molar-refractivity contribution in [1.29, 1.82) is 0 Å². The summed E-state index contributed by atoms with van der Waals surface area (Å²) in [4.78, 5) is 35.7. The van der Waals surface area contributed by atoms with Crippen molar-refractivity contribution >= 4 is 27.5 Å². The molecule has 0 aromatic heterocycles. The van der Waals surface area contributed by atoms with Crippen molar-refractivity contribution in [3.05, 3.63) is 34.4 Å². The molecule has 6 rings (SSSR count). The van der Waals surface area contributed by atoms with Crippen LogP contribution in [-0.4, -0.2) is 36.7 Å². The van der Waals surface area contributed by atoms with Crippen LogP contribution in [0.1, 0.15) is 44.9 Å². The second-order valence-corrected chi connectivity index (χ2v) is 11.5. The Kier molecular flexibility index (Phi) is 4.65. The number of nitro groups is 1. The molecule has 5 aliphatic carbocycles. The molecule has 5 unspecified atom stereocenters. The summed E-state index contributed by atoms with van der Waals surface area (Å²) in [5, 5.41) is 14.4. The van der Waals surface area contributed by atoms with E-state index in [1.807, 2.05) is 0 Å². The number of nitro benzene ring substituents is 1. The summed E-state index contributed by atoms with van der Waals surface area (Å²) in [5.74, 6) is -0.132. The summed E-state index contributed by atoms with van der Waals surface area (Å²) in [6, 6.07) is 4.88. The van der Waals surface area contributed by atoms with Crippen molar-refractivity contribution in [1.82, 2.24) is 10.0 Å². The first-order chi connectivity index (χ1) is 15.1. The van der Waals surface area contributed by atoms with Crippen molar-refractivity contribution < 1.29 is 22.9 Å². The standard InChI is InChI=1S/C21H26N4O6S/c22-18(26)20-10-12-8-13(11-20)17(14(20)9-12)23-19(27)21(6-3-7-21)24-32(30,31)16-5-2-1-4-15(16)25(28)29/h1-2,4-5,12-14,17,24H,3,6-11H2,(H2,22,26)(H,23,27). The Labute approximate surface area is 185 Å². The molecule has 5 atom stereocenters. The lowest BCUT2D eigenvalue weighted by molar-refractivity contribution is -0.387. The Balaban J connectivity index is 1.38. The number of carbonyl (C=O) groups is 2. The van der Waals surface area contributed by atoms with E-state index in [2.05, 4.69) is 10.0 Å². The fraction of sp³-hybridized carbons (Fsp3) is 0.619. The molecular weight excluding hydrogens is 436 g/mol. The van der Waals surface area contributed by atoms with Gasteiger partial charge in [0.25, 0.3) is 5.69 Å². The van der Waals surface area contributed by atoms with Crippen LogP contribution >= 0.6 is 0 Å². The van der Waals surface area contributed by atoms with Crippen molar-refractivity contribution in [2.75, 3.05) is 0 Å². The van der Waals surface area contributed by atoms with Crippen LogP contribution in [0.5, 0.6) is 0 Å². The van der Waals surface area contributed by atoms with E-state index in [0.717, 1.165) is 31.4 Å². The number of nitrogens with zero attached hydrogens (tertiary/aromatic N) is 1. The van der Waals surface area contributed by atoms with Gasteiger partial charge in [0.15, 0.2) is 4.90 Å². The zero-order valence-electron chi connectivity index (χ0n) is 17.5. The predicted octanol–water partition coefficient (Wildman–Crippen LogP) is 1.20. The number of sulfonamides is 1. The van der Waals surface area contributed by atoms with Gasteiger partial charge in [0.1, 0.15) is 5.54 Å². The molecule has 0 saturated heterocycles. The van der Waals surface area contributed by atoms with E-state index in [1.54, 1.807) is 0 Å². The second kappa shape index (κ2) is 6.98. The minimum atomic E-state index is -4.31. The lowest BCUT2D eigenvalue weighted by atomic mass is 9.74. The monoisotopic (exact) mass is 462 g/mol. The Hall–Kier alpha value is -2.53. The van der Waals surface area contributed by atoms with Crippen LogP contribution in [0.2, 0.25) is 0 Å². The van der Waals surface area contributed by atoms with Crippen LogP contribution in [-0.2, 0) is 19.6 Å². The minimum absolute atomic E-state index is 0.0170. The summed E-state index contributed by atoms with van der Waals surface area (Å²) >= 11 is 0. The first-order valence-corrected chi connectivity index (χ1v) is 12.4. The van der Waals surface area contributed by atoms with E-state index >= 15 is 0 Å². The number of nitrogens with one attached hydrogen (secondary N) is 2. The Morgan fingerprint density at radius 3 is 2.50 bits per heavy atom. The average Bonchev–Trinajstić information content (AvgIpc) is 3.10. The van der Waals surface area contributed by atoms with Gasteiger partial charge in [0, 0.05) is 12.1 Å². The van der Waals surface area contributed by atoms with Gasteiger partial charge in [-0.1, -0.05) is 12.1 Å². The number of amides is 2. The maximum absolute atomic E-state index is 13.4. The lowest BCUT2D eigenvalue weighted by Gasteiger charge is -2.42. The summed E-state index contributed by atoms with van der Waals surface area (Å²) in [6.45, 7) is 0. The van der Waals surface area contributed by atoms with Crippen LogP contribution in [0, 0.1) is 33.3 Å². The van der Waals surface area contributed by atoms with Crippen LogP contribution < -0.4 is 15.8 Å². The molecule has 5 saturated carbocycles. The molecule has 32 heavy (non-hydrogen) atoms. The smallest absolute Gasteiger partial charge is 0.289 e. The Morgan fingerprint density at radius 2 is 1.88 bits per heavy atom.